The van der Waals surface area contributed by atoms with E-state index in [1.165, 1.54) is 18.2 Å². The third kappa shape index (κ3) is 12.7. The van der Waals surface area contributed by atoms with E-state index in [1.807, 2.05) is 27.7 Å². The average molecular weight is 583 g/mol. The number of anilines is 1. The molecule has 1 rings (SSSR count). The minimum Gasteiger partial charge on any atom is -0.491 e. The minimum absolute atomic E-state index is 0.0807. The summed E-state index contributed by atoms with van der Waals surface area (Å²) < 4.78 is 24.5. The second-order valence-corrected chi connectivity index (χ2v) is 12.1. The van der Waals surface area contributed by atoms with Gasteiger partial charge in [-0.25, -0.2) is 4.39 Å². The summed E-state index contributed by atoms with van der Waals surface area (Å²) in [7, 11) is 1.58. The van der Waals surface area contributed by atoms with Crippen molar-refractivity contribution < 1.29 is 33.4 Å². The number of benzene rings is 1. The number of ether oxygens (including phenoxy) is 2. The smallest absolute Gasteiger partial charge is 0.224 e. The summed E-state index contributed by atoms with van der Waals surface area (Å²) in [5.41, 5.74) is 11.3. The molecule has 0 saturated heterocycles. The summed E-state index contributed by atoms with van der Waals surface area (Å²) in [4.78, 5) is 37.5. The van der Waals surface area contributed by atoms with Gasteiger partial charge < -0.3 is 36.7 Å². The lowest BCUT2D eigenvalue weighted by Crippen LogP contribution is -2.46. The van der Waals surface area contributed by atoms with Crippen LogP contribution in [-0.4, -0.2) is 61.8 Å². The SMILES string of the molecule is COCCCOc1cc(F)ccc1NC(=O)C[C@@H](C[C@H](N)[C@@H](O)C[C@H](C(=O)NCC(C)(C)C(N)=O)C(C)C)C(C)C. The fourth-order valence-corrected chi connectivity index (χ4v) is 4.28. The molecule has 0 radical (unpaired) electrons. The Kier molecular flexibility index (Phi) is 15.3. The molecule has 0 aliphatic heterocycles. The van der Waals surface area contributed by atoms with Crippen LogP contribution >= 0.6 is 0 Å². The number of amides is 3. The summed E-state index contributed by atoms with van der Waals surface area (Å²) in [6.45, 7) is 11.9. The first-order valence-corrected chi connectivity index (χ1v) is 14.3. The van der Waals surface area contributed by atoms with Crippen molar-refractivity contribution in [3.8, 4) is 5.75 Å². The number of halogens is 1. The van der Waals surface area contributed by atoms with Crippen LogP contribution in [0.15, 0.2) is 18.2 Å². The zero-order valence-corrected chi connectivity index (χ0v) is 25.7. The molecular weight excluding hydrogens is 531 g/mol. The van der Waals surface area contributed by atoms with E-state index in [9.17, 15) is 23.9 Å². The summed E-state index contributed by atoms with van der Waals surface area (Å²) in [5, 5.41) is 16.5. The van der Waals surface area contributed by atoms with Gasteiger partial charge in [0.15, 0.2) is 0 Å². The molecule has 10 nitrogen and oxygen atoms in total. The fourth-order valence-electron chi connectivity index (χ4n) is 4.28. The normalized spacial score (nSPS) is 14.8. The number of nitrogens with one attached hydrogen (secondary N) is 2. The first-order valence-electron chi connectivity index (χ1n) is 14.3. The van der Waals surface area contributed by atoms with Gasteiger partial charge in [0.05, 0.1) is 23.8 Å². The molecule has 7 N–H and O–H groups in total. The van der Waals surface area contributed by atoms with Gasteiger partial charge in [-0.3, -0.25) is 14.4 Å². The Hall–Kier alpha value is -2.76. The summed E-state index contributed by atoms with van der Waals surface area (Å²) in [6.07, 6.45) is 0.260. The Morgan fingerprint density at radius 1 is 1.07 bits per heavy atom. The number of aliphatic hydroxyl groups excluding tert-OH is 1. The number of methoxy groups -OCH3 is 1. The van der Waals surface area contributed by atoms with E-state index in [4.69, 9.17) is 20.9 Å². The first-order chi connectivity index (χ1) is 19.1. The minimum atomic E-state index is -0.981. The number of hydrogen-bond donors (Lipinski definition) is 5. The van der Waals surface area contributed by atoms with Gasteiger partial charge in [0.1, 0.15) is 11.6 Å². The maximum absolute atomic E-state index is 13.8. The monoisotopic (exact) mass is 582 g/mol. The first kappa shape index (κ1) is 36.3. The molecule has 0 bridgehead atoms. The molecule has 0 aliphatic rings. The third-order valence-electron chi connectivity index (χ3n) is 7.44. The standard InChI is InChI=1S/C30H51FN4O6/c1-18(2)20(14-27(37)35-24-10-9-21(31)15-26(24)41-12-8-11-40-7)13-23(32)25(36)16-22(19(3)4)28(38)34-17-30(5,6)29(33)39/h9-10,15,18-20,22-23,25,36H,8,11-14,16-17,32H2,1-7H3,(H2,33,39)(H,34,38)(H,35,37)/t20-,22+,23+,25+/m1/s1. The number of aliphatic hydroxyl groups is 1. The van der Waals surface area contributed by atoms with E-state index in [2.05, 4.69) is 10.6 Å². The van der Waals surface area contributed by atoms with E-state index in [1.54, 1.807) is 21.0 Å². The van der Waals surface area contributed by atoms with E-state index in [-0.39, 0.29) is 54.7 Å². The second kappa shape index (κ2) is 17.3. The van der Waals surface area contributed by atoms with Crippen molar-refractivity contribution in [2.24, 2.45) is 40.6 Å². The van der Waals surface area contributed by atoms with Crippen LogP contribution in [-0.2, 0) is 19.1 Å². The van der Waals surface area contributed by atoms with E-state index >= 15 is 0 Å². The molecule has 41 heavy (non-hydrogen) atoms. The molecule has 1 aromatic carbocycles. The molecule has 234 valence electrons. The highest BCUT2D eigenvalue weighted by molar-refractivity contribution is 5.92. The number of primary amides is 1. The van der Waals surface area contributed by atoms with Crippen molar-refractivity contribution in [2.75, 3.05) is 32.2 Å². The summed E-state index contributed by atoms with van der Waals surface area (Å²) in [5.74, 6) is -2.01. The van der Waals surface area contributed by atoms with Crippen molar-refractivity contribution in [1.82, 2.24) is 5.32 Å². The molecular formula is C30H51FN4O6. The quantitative estimate of drug-likeness (QED) is 0.156. The van der Waals surface area contributed by atoms with Gasteiger partial charge >= 0.3 is 0 Å². The molecule has 4 atom stereocenters. The topological polar surface area (TPSA) is 166 Å². The van der Waals surface area contributed by atoms with Gasteiger partial charge in [0.2, 0.25) is 17.7 Å². The number of carbonyl (C=O) groups is 3. The van der Waals surface area contributed by atoms with Crippen molar-refractivity contribution >= 4 is 23.4 Å². The summed E-state index contributed by atoms with van der Waals surface area (Å²) >= 11 is 0. The number of rotatable bonds is 19. The number of carbonyl (C=O) groups excluding carboxylic acids is 3. The predicted molar refractivity (Wildman–Crippen MR) is 157 cm³/mol. The molecule has 0 spiro atoms. The second-order valence-electron chi connectivity index (χ2n) is 12.1. The lowest BCUT2D eigenvalue weighted by atomic mass is 9.81. The third-order valence-corrected chi connectivity index (χ3v) is 7.44. The molecule has 0 aliphatic carbocycles. The Bertz CT molecular complexity index is 988. The van der Waals surface area contributed by atoms with Crippen LogP contribution in [0.1, 0.15) is 67.2 Å². The van der Waals surface area contributed by atoms with Crippen molar-refractivity contribution in [3.05, 3.63) is 24.0 Å². The van der Waals surface area contributed by atoms with E-state index in [0.29, 0.717) is 31.7 Å². The Morgan fingerprint density at radius 3 is 2.29 bits per heavy atom. The highest BCUT2D eigenvalue weighted by atomic mass is 19.1. The van der Waals surface area contributed by atoms with Crippen LogP contribution < -0.4 is 26.8 Å². The van der Waals surface area contributed by atoms with Gasteiger partial charge in [-0.15, -0.1) is 0 Å². The fraction of sp³-hybridized carbons (Fsp3) is 0.700. The van der Waals surface area contributed by atoms with Gasteiger partial charge in [-0.05, 0) is 56.6 Å². The van der Waals surface area contributed by atoms with Gasteiger partial charge in [0, 0.05) is 51.1 Å². The Morgan fingerprint density at radius 2 is 1.73 bits per heavy atom. The molecule has 0 aromatic heterocycles. The van der Waals surface area contributed by atoms with Crippen LogP contribution in [0.2, 0.25) is 0 Å². The van der Waals surface area contributed by atoms with Crippen LogP contribution in [0.4, 0.5) is 10.1 Å². The highest BCUT2D eigenvalue weighted by Crippen LogP contribution is 2.29. The van der Waals surface area contributed by atoms with Crippen LogP contribution in [0, 0.1) is 34.9 Å². The molecule has 1 aromatic rings. The Balaban J connectivity index is 2.82. The molecule has 3 amide bonds. The summed E-state index contributed by atoms with van der Waals surface area (Å²) in [6, 6.07) is 3.27. The van der Waals surface area contributed by atoms with Crippen molar-refractivity contribution in [2.45, 2.75) is 79.4 Å². The average Bonchev–Trinajstić information content (AvgIpc) is 2.88. The predicted octanol–water partition coefficient (Wildman–Crippen LogP) is 3.21. The lowest BCUT2D eigenvalue weighted by Gasteiger charge is -2.30. The van der Waals surface area contributed by atoms with Gasteiger partial charge in [0.25, 0.3) is 0 Å². The van der Waals surface area contributed by atoms with Gasteiger partial charge in [-0.1, -0.05) is 27.7 Å². The molecule has 0 unspecified atom stereocenters. The van der Waals surface area contributed by atoms with E-state index in [0.717, 1.165) is 0 Å². The van der Waals surface area contributed by atoms with Crippen LogP contribution in [0.25, 0.3) is 0 Å². The number of nitrogens with two attached hydrogens (primary N) is 2. The zero-order valence-electron chi connectivity index (χ0n) is 25.7. The molecule has 0 heterocycles. The van der Waals surface area contributed by atoms with Crippen LogP contribution in [0.3, 0.4) is 0 Å². The molecule has 0 fully saturated rings. The maximum Gasteiger partial charge on any atom is 0.224 e. The number of hydrogen-bond acceptors (Lipinski definition) is 7. The highest BCUT2D eigenvalue weighted by Gasteiger charge is 2.32. The van der Waals surface area contributed by atoms with Crippen molar-refractivity contribution in [3.63, 3.8) is 0 Å². The van der Waals surface area contributed by atoms with Crippen LogP contribution in [0.5, 0.6) is 5.75 Å². The Labute approximate surface area is 244 Å². The largest absolute Gasteiger partial charge is 0.491 e. The zero-order chi connectivity index (χ0) is 31.3. The van der Waals surface area contributed by atoms with Gasteiger partial charge in [-0.2, -0.15) is 0 Å². The lowest BCUT2D eigenvalue weighted by molar-refractivity contribution is -0.130. The molecule has 0 saturated carbocycles. The maximum atomic E-state index is 13.8. The van der Waals surface area contributed by atoms with Crippen molar-refractivity contribution in [1.29, 1.82) is 0 Å². The molecule has 11 heteroatoms. The van der Waals surface area contributed by atoms with E-state index < -0.39 is 35.2 Å².